The fourth-order valence-electron chi connectivity index (χ4n) is 2.27. The molecule has 1 heterocycles. The van der Waals surface area contributed by atoms with Crippen LogP contribution in [0.15, 0.2) is 0 Å². The van der Waals surface area contributed by atoms with E-state index in [0.717, 1.165) is 18.6 Å². The standard InChI is InChI=1S/C12H21NO3S/c1-9-7-16-10(6-14)5-13(9)11(15)4-12(8-17)2-3-12/h9-10,14,17H,2-8H2,1H3. The number of ether oxygens (including phenoxy) is 1. The van der Waals surface area contributed by atoms with Crippen LogP contribution in [0.4, 0.5) is 0 Å². The number of carbonyl (C=O) groups is 1. The largest absolute Gasteiger partial charge is 0.394 e. The normalized spacial score (nSPS) is 31.4. The molecule has 1 amide bonds. The Balaban J connectivity index is 1.92. The number of hydrogen-bond donors (Lipinski definition) is 2. The van der Waals surface area contributed by atoms with Crippen LogP contribution < -0.4 is 0 Å². The second-order valence-corrected chi connectivity index (χ2v) is 5.68. The number of amides is 1. The lowest BCUT2D eigenvalue weighted by Crippen LogP contribution is -2.52. The van der Waals surface area contributed by atoms with Crippen molar-refractivity contribution in [3.8, 4) is 0 Å². The molecular weight excluding hydrogens is 238 g/mol. The number of morpholine rings is 1. The summed E-state index contributed by atoms with van der Waals surface area (Å²) in [4.78, 5) is 14.1. The van der Waals surface area contributed by atoms with Crippen molar-refractivity contribution >= 4 is 18.5 Å². The number of nitrogens with zero attached hydrogens (tertiary/aromatic N) is 1. The van der Waals surface area contributed by atoms with Crippen molar-refractivity contribution in [3.05, 3.63) is 0 Å². The highest BCUT2D eigenvalue weighted by atomic mass is 32.1. The molecule has 1 aliphatic carbocycles. The van der Waals surface area contributed by atoms with Gasteiger partial charge in [-0.1, -0.05) is 0 Å². The third-order valence-corrected chi connectivity index (χ3v) is 4.52. The first kappa shape index (κ1) is 13.2. The summed E-state index contributed by atoms with van der Waals surface area (Å²) in [6.45, 7) is 3.00. The maximum absolute atomic E-state index is 12.2. The van der Waals surface area contributed by atoms with Gasteiger partial charge in [-0.25, -0.2) is 0 Å². The predicted octanol–water partition coefficient (Wildman–Crippen LogP) is 0.695. The van der Waals surface area contributed by atoms with Crippen LogP contribution in [0.2, 0.25) is 0 Å². The van der Waals surface area contributed by atoms with E-state index in [-0.39, 0.29) is 30.1 Å². The van der Waals surface area contributed by atoms with Gasteiger partial charge in [-0.15, -0.1) is 0 Å². The number of rotatable bonds is 4. The molecule has 2 aliphatic rings. The minimum absolute atomic E-state index is 0.0196. The summed E-state index contributed by atoms with van der Waals surface area (Å²) in [6.07, 6.45) is 2.61. The van der Waals surface area contributed by atoms with E-state index in [9.17, 15) is 4.79 Å². The molecule has 0 aromatic heterocycles. The Bertz CT molecular complexity index is 293. The van der Waals surface area contributed by atoms with Crippen LogP contribution in [-0.4, -0.2) is 53.6 Å². The molecule has 17 heavy (non-hydrogen) atoms. The minimum atomic E-state index is -0.221. The molecule has 5 heteroatoms. The topological polar surface area (TPSA) is 49.8 Å². The zero-order valence-corrected chi connectivity index (χ0v) is 11.2. The third kappa shape index (κ3) is 2.95. The van der Waals surface area contributed by atoms with Crippen LogP contribution in [0.25, 0.3) is 0 Å². The van der Waals surface area contributed by atoms with Gasteiger partial charge in [-0.3, -0.25) is 4.79 Å². The van der Waals surface area contributed by atoms with Crippen LogP contribution >= 0.6 is 12.6 Å². The Morgan fingerprint density at radius 1 is 1.59 bits per heavy atom. The third-order valence-electron chi connectivity index (χ3n) is 3.85. The van der Waals surface area contributed by atoms with Crippen molar-refractivity contribution in [1.29, 1.82) is 0 Å². The van der Waals surface area contributed by atoms with Crippen LogP contribution in [-0.2, 0) is 9.53 Å². The van der Waals surface area contributed by atoms with Gasteiger partial charge in [0.15, 0.2) is 0 Å². The Morgan fingerprint density at radius 2 is 2.29 bits per heavy atom. The molecular formula is C12H21NO3S. The highest BCUT2D eigenvalue weighted by Crippen LogP contribution is 2.50. The summed E-state index contributed by atoms with van der Waals surface area (Å²) in [6, 6.07) is 0.112. The smallest absolute Gasteiger partial charge is 0.223 e. The molecule has 0 bridgehead atoms. The van der Waals surface area contributed by atoms with E-state index >= 15 is 0 Å². The number of aliphatic hydroxyl groups is 1. The van der Waals surface area contributed by atoms with E-state index in [1.54, 1.807) is 0 Å². The van der Waals surface area contributed by atoms with Gasteiger partial charge < -0.3 is 14.7 Å². The van der Waals surface area contributed by atoms with Gasteiger partial charge in [0.25, 0.3) is 0 Å². The van der Waals surface area contributed by atoms with Crippen LogP contribution in [0.1, 0.15) is 26.2 Å². The minimum Gasteiger partial charge on any atom is -0.394 e. The van der Waals surface area contributed by atoms with Gasteiger partial charge in [0.2, 0.25) is 5.91 Å². The second-order valence-electron chi connectivity index (χ2n) is 5.37. The number of aliphatic hydroxyl groups excluding tert-OH is 1. The monoisotopic (exact) mass is 259 g/mol. The maximum Gasteiger partial charge on any atom is 0.223 e. The van der Waals surface area contributed by atoms with E-state index in [1.807, 2.05) is 11.8 Å². The van der Waals surface area contributed by atoms with Crippen molar-refractivity contribution < 1.29 is 14.6 Å². The SMILES string of the molecule is CC1COC(CO)CN1C(=O)CC1(CS)CC1. The van der Waals surface area contributed by atoms with Crippen molar-refractivity contribution in [2.75, 3.05) is 25.5 Å². The molecule has 1 aliphatic heterocycles. The summed E-state index contributed by atoms with van der Waals surface area (Å²) in [7, 11) is 0. The molecule has 1 saturated carbocycles. The van der Waals surface area contributed by atoms with Gasteiger partial charge in [-0.2, -0.15) is 12.6 Å². The van der Waals surface area contributed by atoms with Crippen molar-refractivity contribution in [2.45, 2.75) is 38.3 Å². The summed E-state index contributed by atoms with van der Waals surface area (Å²) in [5.74, 6) is 0.978. The molecule has 0 spiro atoms. The number of thiol groups is 1. The summed E-state index contributed by atoms with van der Waals surface area (Å²) in [5.41, 5.74) is 0.160. The number of carbonyl (C=O) groups excluding carboxylic acids is 1. The molecule has 1 N–H and O–H groups in total. The van der Waals surface area contributed by atoms with E-state index in [2.05, 4.69) is 12.6 Å². The molecule has 1 saturated heterocycles. The molecule has 2 rings (SSSR count). The van der Waals surface area contributed by atoms with Gasteiger partial charge in [-0.05, 0) is 30.9 Å². The Labute approximate surface area is 108 Å². The Morgan fingerprint density at radius 3 is 2.82 bits per heavy atom. The Kier molecular flexibility index (Phi) is 4.00. The first-order chi connectivity index (χ1) is 8.10. The first-order valence-electron chi connectivity index (χ1n) is 6.23. The molecule has 2 atom stereocenters. The summed E-state index contributed by atoms with van der Waals surface area (Å²) >= 11 is 4.33. The lowest BCUT2D eigenvalue weighted by atomic mass is 10.0. The van der Waals surface area contributed by atoms with E-state index in [1.165, 1.54) is 0 Å². The highest BCUT2D eigenvalue weighted by molar-refractivity contribution is 7.80. The van der Waals surface area contributed by atoms with Crippen molar-refractivity contribution in [3.63, 3.8) is 0 Å². The number of hydrogen-bond acceptors (Lipinski definition) is 4. The molecule has 0 aromatic rings. The molecule has 98 valence electrons. The van der Waals surface area contributed by atoms with Gasteiger partial charge in [0.1, 0.15) is 0 Å². The van der Waals surface area contributed by atoms with E-state index in [0.29, 0.717) is 19.6 Å². The first-order valence-corrected chi connectivity index (χ1v) is 6.86. The average Bonchev–Trinajstić information content (AvgIpc) is 3.10. The zero-order chi connectivity index (χ0) is 12.5. The van der Waals surface area contributed by atoms with E-state index in [4.69, 9.17) is 9.84 Å². The molecule has 4 nitrogen and oxygen atoms in total. The molecule has 2 fully saturated rings. The Hall–Kier alpha value is -0.260. The highest BCUT2D eigenvalue weighted by Gasteiger charge is 2.44. The van der Waals surface area contributed by atoms with Gasteiger partial charge in [0, 0.05) is 13.0 Å². The molecule has 0 radical (unpaired) electrons. The van der Waals surface area contributed by atoms with E-state index < -0.39 is 0 Å². The van der Waals surface area contributed by atoms with Crippen molar-refractivity contribution in [2.24, 2.45) is 5.41 Å². The fraction of sp³-hybridized carbons (Fsp3) is 0.917. The van der Waals surface area contributed by atoms with Gasteiger partial charge in [0.05, 0.1) is 25.4 Å². The lowest BCUT2D eigenvalue weighted by molar-refractivity contribution is -0.147. The maximum atomic E-state index is 12.2. The molecule has 2 unspecified atom stereocenters. The fourth-order valence-corrected chi connectivity index (χ4v) is 2.69. The van der Waals surface area contributed by atoms with Gasteiger partial charge >= 0.3 is 0 Å². The lowest BCUT2D eigenvalue weighted by Gasteiger charge is -2.38. The quantitative estimate of drug-likeness (QED) is 0.731. The molecule has 0 aromatic carbocycles. The predicted molar refractivity (Wildman–Crippen MR) is 68.1 cm³/mol. The average molecular weight is 259 g/mol. The van der Waals surface area contributed by atoms with Crippen LogP contribution in [0.5, 0.6) is 0 Å². The second kappa shape index (κ2) is 5.16. The van der Waals surface area contributed by atoms with Crippen LogP contribution in [0.3, 0.4) is 0 Å². The van der Waals surface area contributed by atoms with Crippen LogP contribution in [0, 0.1) is 5.41 Å². The van der Waals surface area contributed by atoms with Crippen molar-refractivity contribution in [1.82, 2.24) is 4.90 Å². The summed E-state index contributed by atoms with van der Waals surface area (Å²) < 4.78 is 5.43. The summed E-state index contributed by atoms with van der Waals surface area (Å²) in [5, 5.41) is 9.09. The zero-order valence-electron chi connectivity index (χ0n) is 10.3.